The van der Waals surface area contributed by atoms with E-state index in [0.29, 0.717) is 18.2 Å². The van der Waals surface area contributed by atoms with Crippen LogP contribution in [-0.2, 0) is 9.16 Å². The first-order valence-electron chi connectivity index (χ1n) is 14.1. The summed E-state index contributed by atoms with van der Waals surface area (Å²) in [7, 11) is -2.65. The summed E-state index contributed by atoms with van der Waals surface area (Å²) in [6.07, 6.45) is 6.94. The molecule has 1 unspecified atom stereocenters. The highest BCUT2D eigenvalue weighted by atomic mass is 35.5. The van der Waals surface area contributed by atoms with Gasteiger partial charge in [-0.3, -0.25) is 0 Å². The van der Waals surface area contributed by atoms with Crippen molar-refractivity contribution in [2.75, 3.05) is 13.2 Å². The monoisotopic (exact) mass is 572 g/mol. The Morgan fingerprint density at radius 1 is 1.05 bits per heavy atom. The molecule has 0 fully saturated rings. The van der Waals surface area contributed by atoms with Crippen molar-refractivity contribution in [2.24, 2.45) is 0 Å². The fraction of sp³-hybridized carbons (Fsp3) is 0.314. The molecule has 3 aromatic carbocycles. The number of hydrogen-bond acceptors (Lipinski definition) is 3. The fourth-order valence-electron chi connectivity index (χ4n) is 5.65. The van der Waals surface area contributed by atoms with Crippen LogP contribution in [0.2, 0.25) is 10.1 Å². The maximum Gasteiger partial charge on any atom is 0.261 e. The van der Waals surface area contributed by atoms with Crippen LogP contribution >= 0.6 is 11.6 Å². The van der Waals surface area contributed by atoms with Gasteiger partial charge in [0.1, 0.15) is 5.75 Å². The predicted octanol–water partition coefficient (Wildman–Crippen LogP) is 8.08. The number of halogens is 1. The van der Waals surface area contributed by atoms with E-state index in [1.807, 2.05) is 6.07 Å². The molecule has 0 radical (unpaired) electrons. The number of allylic oxidation sites excluding steroid dienone is 1. The van der Waals surface area contributed by atoms with E-state index in [1.54, 1.807) is 12.1 Å². The Morgan fingerprint density at radius 3 is 2.23 bits per heavy atom. The molecule has 0 aliphatic carbocycles. The zero-order valence-corrected chi connectivity index (χ0v) is 25.9. The number of benzene rings is 3. The molecular weight excluding hydrogens is 532 g/mol. The van der Waals surface area contributed by atoms with Crippen LogP contribution in [0.25, 0.3) is 6.08 Å². The van der Waals surface area contributed by atoms with Crippen LogP contribution in [0.5, 0.6) is 5.75 Å². The molecule has 1 aliphatic rings. The van der Waals surface area contributed by atoms with Gasteiger partial charge >= 0.3 is 0 Å². The first-order valence-corrected chi connectivity index (χ1v) is 16.4. The second kappa shape index (κ2) is 13.2. The van der Waals surface area contributed by atoms with Crippen LogP contribution in [0.3, 0.4) is 0 Å². The summed E-state index contributed by atoms with van der Waals surface area (Å²) in [4.78, 5) is 0. The number of rotatable bonds is 11. The molecule has 1 aliphatic heterocycles. The Morgan fingerprint density at radius 2 is 1.68 bits per heavy atom. The number of hydrogen-bond donors (Lipinski definition) is 1. The Bertz CT molecular complexity index is 1320. The lowest BCUT2D eigenvalue weighted by Crippen LogP contribution is -2.66. The van der Waals surface area contributed by atoms with Gasteiger partial charge < -0.3 is 14.3 Å². The molecule has 3 nitrogen and oxygen atoms in total. The number of ether oxygens (including phenoxy) is 1. The molecule has 210 valence electrons. The lowest BCUT2D eigenvalue weighted by Gasteiger charge is -2.43. The summed E-state index contributed by atoms with van der Waals surface area (Å²) in [5, 5.41) is 12.7. The van der Waals surface area contributed by atoms with Crippen molar-refractivity contribution >= 4 is 36.4 Å². The van der Waals surface area contributed by atoms with Crippen LogP contribution < -0.4 is 10.4 Å². The Balaban J connectivity index is 1.51. The predicted molar refractivity (Wildman–Crippen MR) is 171 cm³/mol. The highest BCUT2D eigenvalue weighted by Gasteiger charge is 2.50. The second-order valence-electron chi connectivity index (χ2n) is 11.4. The largest absolute Gasteiger partial charge is 0.508 e. The SMILES string of the molecule is C=C(CO[Si](c1ccccc1)(c1ccccc1)C(C)(C)C)C1=CCOC1CC/C(=C/c1ccc(O)cc1Cl)CC. The molecule has 1 N–H and O–H groups in total. The third-order valence-corrected chi connectivity index (χ3v) is 13.1. The standard InChI is InChI=1S/C35H41ClO3Si/c1-6-27(23-28-18-19-29(37)24-33(28)36)17-20-34-32(21-22-38-34)26(2)25-39-40(35(3,4)5,30-13-9-7-10-14-30)31-15-11-8-12-16-31/h7-16,18-19,21,23-24,34,37H,2,6,17,20,22,25H2,1,3-5H3/b27-23+. The van der Waals surface area contributed by atoms with Crippen LogP contribution in [-0.4, -0.2) is 32.7 Å². The number of phenolic OH excluding ortho intramolecular Hbond substituents is 1. The second-order valence-corrected chi connectivity index (χ2v) is 16.2. The molecule has 0 amide bonds. The average molecular weight is 573 g/mol. The van der Waals surface area contributed by atoms with E-state index >= 15 is 0 Å². The molecule has 0 bridgehead atoms. The third kappa shape index (κ3) is 6.69. The number of aromatic hydroxyl groups is 1. The van der Waals surface area contributed by atoms with Crippen LogP contribution in [0.15, 0.2) is 108 Å². The molecule has 1 heterocycles. The molecule has 0 saturated carbocycles. The minimum Gasteiger partial charge on any atom is -0.508 e. The van der Waals surface area contributed by atoms with E-state index in [9.17, 15) is 5.11 Å². The van der Waals surface area contributed by atoms with E-state index in [2.05, 4.69) is 107 Å². The summed E-state index contributed by atoms with van der Waals surface area (Å²) < 4.78 is 13.3. The van der Waals surface area contributed by atoms with Crippen LogP contribution in [0.1, 0.15) is 52.5 Å². The van der Waals surface area contributed by atoms with E-state index in [-0.39, 0.29) is 16.9 Å². The van der Waals surface area contributed by atoms with Crippen molar-refractivity contribution in [1.29, 1.82) is 0 Å². The van der Waals surface area contributed by atoms with Crippen molar-refractivity contribution in [3.05, 3.63) is 119 Å². The van der Waals surface area contributed by atoms with Gasteiger partial charge in [0, 0.05) is 0 Å². The summed E-state index contributed by atoms with van der Waals surface area (Å²) in [6, 6.07) is 26.5. The van der Waals surface area contributed by atoms with E-state index in [0.717, 1.165) is 36.0 Å². The maximum atomic E-state index is 9.68. The minimum absolute atomic E-state index is 0.0134. The van der Waals surface area contributed by atoms with Gasteiger partial charge in [-0.15, -0.1) is 0 Å². The van der Waals surface area contributed by atoms with E-state index < -0.39 is 8.32 Å². The zero-order valence-electron chi connectivity index (χ0n) is 24.1. The Kier molecular flexibility index (Phi) is 9.91. The van der Waals surface area contributed by atoms with Crippen LogP contribution in [0, 0.1) is 0 Å². The first kappa shape index (κ1) is 30.1. The van der Waals surface area contributed by atoms with Gasteiger partial charge in [-0.25, -0.2) is 0 Å². The molecule has 0 saturated heterocycles. The minimum atomic E-state index is -2.65. The van der Waals surface area contributed by atoms with E-state index in [4.69, 9.17) is 20.8 Å². The lowest BCUT2D eigenvalue weighted by molar-refractivity contribution is 0.115. The van der Waals surface area contributed by atoms with Crippen molar-refractivity contribution in [1.82, 2.24) is 0 Å². The van der Waals surface area contributed by atoms with Gasteiger partial charge in [0.2, 0.25) is 0 Å². The normalized spacial score (nSPS) is 16.2. The highest BCUT2D eigenvalue weighted by Crippen LogP contribution is 2.38. The Hall–Kier alpha value is -2.89. The maximum absolute atomic E-state index is 9.68. The quantitative estimate of drug-likeness (QED) is 0.236. The summed E-state index contributed by atoms with van der Waals surface area (Å²) in [6.45, 7) is 14.6. The fourth-order valence-corrected chi connectivity index (χ4v) is 10.4. The molecule has 5 heteroatoms. The van der Waals surface area contributed by atoms with Crippen molar-refractivity contribution in [3.63, 3.8) is 0 Å². The molecule has 1 atom stereocenters. The Labute approximate surface area is 246 Å². The molecule has 0 spiro atoms. The van der Waals surface area contributed by atoms with Gasteiger partial charge in [0.25, 0.3) is 8.32 Å². The van der Waals surface area contributed by atoms with E-state index in [1.165, 1.54) is 15.9 Å². The van der Waals surface area contributed by atoms with Crippen molar-refractivity contribution in [3.8, 4) is 5.75 Å². The van der Waals surface area contributed by atoms with Crippen LogP contribution in [0.4, 0.5) is 0 Å². The van der Waals surface area contributed by atoms with Gasteiger partial charge in [-0.05, 0) is 69.6 Å². The highest BCUT2D eigenvalue weighted by molar-refractivity contribution is 6.99. The first-order chi connectivity index (χ1) is 19.2. The summed E-state index contributed by atoms with van der Waals surface area (Å²) in [5.41, 5.74) is 4.34. The molecular formula is C35H41ClO3Si. The summed E-state index contributed by atoms with van der Waals surface area (Å²) >= 11 is 6.35. The molecule has 4 rings (SSSR count). The van der Waals surface area contributed by atoms with Crippen molar-refractivity contribution < 1.29 is 14.3 Å². The van der Waals surface area contributed by atoms with Gasteiger partial charge in [-0.2, -0.15) is 0 Å². The average Bonchev–Trinajstić information content (AvgIpc) is 3.42. The number of phenols is 1. The topological polar surface area (TPSA) is 38.7 Å². The lowest BCUT2D eigenvalue weighted by atomic mass is 9.96. The van der Waals surface area contributed by atoms with Crippen molar-refractivity contribution in [2.45, 2.75) is 58.1 Å². The zero-order chi connectivity index (χ0) is 28.8. The third-order valence-electron chi connectivity index (χ3n) is 7.76. The van der Waals surface area contributed by atoms with Gasteiger partial charge in [-0.1, -0.05) is 124 Å². The summed E-state index contributed by atoms with van der Waals surface area (Å²) in [5.74, 6) is 0.174. The molecule has 0 aromatic heterocycles. The van der Waals surface area contributed by atoms with Gasteiger partial charge in [0.15, 0.2) is 0 Å². The molecule has 40 heavy (non-hydrogen) atoms. The van der Waals surface area contributed by atoms with Gasteiger partial charge in [0.05, 0.1) is 24.3 Å². The smallest absolute Gasteiger partial charge is 0.261 e. The molecule has 3 aromatic rings.